The molecule has 0 heterocycles. The quantitative estimate of drug-likeness (QED) is 0.148. The number of ether oxygens (including phenoxy) is 1. The lowest BCUT2D eigenvalue weighted by molar-refractivity contribution is 0.417. The highest BCUT2D eigenvalue weighted by atomic mass is 31.1. The van der Waals surface area contributed by atoms with Crippen molar-refractivity contribution in [3.63, 3.8) is 0 Å². The van der Waals surface area contributed by atoms with E-state index in [0.29, 0.717) is 0 Å². The van der Waals surface area contributed by atoms with Crippen molar-refractivity contribution in [3.05, 3.63) is 158 Å². The van der Waals surface area contributed by atoms with Crippen LogP contribution in [0.1, 0.15) is 0 Å². The first kappa shape index (κ1) is 25.7. The summed E-state index contributed by atoms with van der Waals surface area (Å²) in [4.78, 5) is 0. The maximum atomic E-state index is 6.27. The standard InChI is InChI=1S/C41H29OP/c1-42-36-26-24-30-22-20-28-12-8-10-18-34(28)38(30)40(36)41-37(27-25-31-23-21-29-13-9-11-19-35(29)39(31)41)43(32-14-4-2-5-15-32)33-16-6-3-7-17-33/h2-27H,1H3. The van der Waals surface area contributed by atoms with Gasteiger partial charge < -0.3 is 4.74 Å². The Morgan fingerprint density at radius 3 is 1.40 bits per heavy atom. The van der Waals surface area contributed by atoms with Crippen LogP contribution in [0.3, 0.4) is 0 Å². The molecule has 8 aromatic carbocycles. The van der Waals surface area contributed by atoms with Crippen molar-refractivity contribution in [2.24, 2.45) is 0 Å². The third-order valence-electron chi connectivity index (χ3n) is 8.50. The molecule has 0 unspecified atom stereocenters. The van der Waals surface area contributed by atoms with Crippen LogP contribution in [0.5, 0.6) is 5.75 Å². The molecule has 43 heavy (non-hydrogen) atoms. The minimum absolute atomic E-state index is 0.890. The molecule has 0 fully saturated rings. The van der Waals surface area contributed by atoms with E-state index >= 15 is 0 Å². The van der Waals surface area contributed by atoms with Gasteiger partial charge in [-0.1, -0.05) is 152 Å². The van der Waals surface area contributed by atoms with E-state index in [9.17, 15) is 0 Å². The molecule has 0 aliphatic carbocycles. The maximum absolute atomic E-state index is 6.27. The zero-order valence-electron chi connectivity index (χ0n) is 23.9. The van der Waals surface area contributed by atoms with Gasteiger partial charge in [0.2, 0.25) is 0 Å². The van der Waals surface area contributed by atoms with Crippen molar-refractivity contribution >= 4 is 66.9 Å². The fourth-order valence-electron chi connectivity index (χ4n) is 6.60. The molecule has 2 heteroatoms. The monoisotopic (exact) mass is 568 g/mol. The maximum Gasteiger partial charge on any atom is 0.127 e. The number of rotatable bonds is 5. The van der Waals surface area contributed by atoms with Gasteiger partial charge in [0.1, 0.15) is 5.75 Å². The molecule has 0 aliphatic rings. The molecule has 204 valence electrons. The molecular weight excluding hydrogens is 539 g/mol. The van der Waals surface area contributed by atoms with Gasteiger partial charge in [-0.3, -0.25) is 0 Å². The van der Waals surface area contributed by atoms with E-state index in [-0.39, 0.29) is 0 Å². The summed E-state index contributed by atoms with van der Waals surface area (Å²) in [5.41, 5.74) is 2.42. The second-order valence-electron chi connectivity index (χ2n) is 10.9. The predicted molar refractivity (Wildman–Crippen MR) is 187 cm³/mol. The van der Waals surface area contributed by atoms with Crippen LogP contribution >= 0.6 is 7.92 Å². The Morgan fingerprint density at radius 2 is 0.837 bits per heavy atom. The Hall–Kier alpha value is -4.97. The van der Waals surface area contributed by atoms with Gasteiger partial charge in [-0.2, -0.15) is 0 Å². The molecule has 0 amide bonds. The van der Waals surface area contributed by atoms with Crippen molar-refractivity contribution in [2.75, 3.05) is 7.11 Å². The second kappa shape index (κ2) is 10.7. The van der Waals surface area contributed by atoms with Gasteiger partial charge in [0, 0.05) is 16.5 Å². The van der Waals surface area contributed by atoms with Crippen LogP contribution in [0, 0.1) is 0 Å². The van der Waals surface area contributed by atoms with Crippen molar-refractivity contribution in [2.45, 2.75) is 0 Å². The molecule has 8 rings (SSSR count). The SMILES string of the molecule is COc1ccc2ccc3ccccc3c2c1-c1c(P(c2ccccc2)c2ccccc2)ccc2ccc3ccccc3c12. The first-order valence-corrected chi connectivity index (χ1v) is 16.0. The van der Waals surface area contributed by atoms with Gasteiger partial charge in [0.05, 0.1) is 7.11 Å². The molecule has 0 saturated carbocycles. The van der Waals surface area contributed by atoms with Gasteiger partial charge in [-0.05, 0) is 67.6 Å². The van der Waals surface area contributed by atoms with Crippen LogP contribution in [0.25, 0.3) is 54.2 Å². The lowest BCUT2D eigenvalue weighted by Gasteiger charge is -2.26. The summed E-state index contributed by atoms with van der Waals surface area (Å²) in [6.07, 6.45) is 0. The van der Waals surface area contributed by atoms with E-state index in [1.54, 1.807) is 7.11 Å². The molecular formula is C41H29OP. The average Bonchev–Trinajstić information content (AvgIpc) is 3.08. The zero-order chi connectivity index (χ0) is 28.8. The van der Waals surface area contributed by atoms with E-state index in [2.05, 4.69) is 158 Å². The predicted octanol–water partition coefficient (Wildman–Crippen LogP) is 9.73. The highest BCUT2D eigenvalue weighted by Crippen LogP contribution is 2.48. The molecule has 1 nitrogen and oxygen atoms in total. The summed E-state index contributed by atoms with van der Waals surface area (Å²) in [6, 6.07) is 57.5. The molecule has 0 saturated heterocycles. The highest BCUT2D eigenvalue weighted by Gasteiger charge is 2.26. The average molecular weight is 569 g/mol. The molecule has 0 atom stereocenters. The van der Waals surface area contributed by atoms with Crippen molar-refractivity contribution in [3.8, 4) is 16.9 Å². The Balaban J connectivity index is 1.63. The molecule has 0 spiro atoms. The third kappa shape index (κ3) is 4.28. The Bertz CT molecular complexity index is 2230. The molecule has 0 radical (unpaired) electrons. The number of methoxy groups -OCH3 is 1. The minimum Gasteiger partial charge on any atom is -0.496 e. The number of hydrogen-bond donors (Lipinski definition) is 0. The largest absolute Gasteiger partial charge is 0.496 e. The van der Waals surface area contributed by atoms with E-state index in [0.717, 1.165) is 11.3 Å². The normalized spacial score (nSPS) is 11.6. The van der Waals surface area contributed by atoms with Gasteiger partial charge in [0.25, 0.3) is 0 Å². The van der Waals surface area contributed by atoms with Gasteiger partial charge in [-0.25, -0.2) is 0 Å². The van der Waals surface area contributed by atoms with Crippen LogP contribution in [0.2, 0.25) is 0 Å². The van der Waals surface area contributed by atoms with Gasteiger partial charge >= 0.3 is 0 Å². The smallest absolute Gasteiger partial charge is 0.127 e. The van der Waals surface area contributed by atoms with Gasteiger partial charge in [-0.15, -0.1) is 0 Å². The lowest BCUT2D eigenvalue weighted by atomic mass is 9.88. The third-order valence-corrected chi connectivity index (χ3v) is 11.0. The van der Waals surface area contributed by atoms with Gasteiger partial charge in [0.15, 0.2) is 0 Å². The van der Waals surface area contributed by atoms with Crippen LogP contribution in [0.4, 0.5) is 0 Å². The second-order valence-corrected chi connectivity index (χ2v) is 13.1. The van der Waals surface area contributed by atoms with Crippen molar-refractivity contribution < 1.29 is 4.74 Å². The first-order chi connectivity index (χ1) is 21.3. The summed E-state index contributed by atoms with van der Waals surface area (Å²) in [6.45, 7) is 0. The van der Waals surface area contributed by atoms with E-state index in [4.69, 9.17) is 4.74 Å². The number of benzene rings is 8. The Kier molecular flexibility index (Phi) is 6.40. The summed E-state index contributed by atoms with van der Waals surface area (Å²) in [5.74, 6) is 0.890. The molecule has 0 N–H and O–H groups in total. The van der Waals surface area contributed by atoms with E-state index in [1.165, 1.54) is 64.6 Å². The van der Waals surface area contributed by atoms with E-state index in [1.807, 2.05) is 0 Å². The summed E-state index contributed by atoms with van der Waals surface area (Å²) >= 11 is 0. The van der Waals surface area contributed by atoms with Crippen LogP contribution in [0.15, 0.2) is 158 Å². The van der Waals surface area contributed by atoms with Crippen molar-refractivity contribution in [1.82, 2.24) is 0 Å². The summed E-state index contributed by atoms with van der Waals surface area (Å²) < 4.78 is 6.27. The summed E-state index contributed by atoms with van der Waals surface area (Å²) in [7, 11) is 0.911. The highest BCUT2D eigenvalue weighted by molar-refractivity contribution is 7.80. The molecule has 0 aliphatic heterocycles. The molecule has 0 bridgehead atoms. The van der Waals surface area contributed by atoms with E-state index < -0.39 is 7.92 Å². The Morgan fingerprint density at radius 1 is 0.395 bits per heavy atom. The number of hydrogen-bond acceptors (Lipinski definition) is 1. The van der Waals surface area contributed by atoms with Crippen LogP contribution in [-0.2, 0) is 0 Å². The first-order valence-electron chi connectivity index (χ1n) is 14.7. The fraction of sp³-hybridized carbons (Fsp3) is 0.0244. The number of fused-ring (bicyclic) bond motifs is 6. The summed E-state index contributed by atoms with van der Waals surface area (Å²) in [5, 5.41) is 13.9. The van der Waals surface area contributed by atoms with Crippen molar-refractivity contribution in [1.29, 1.82) is 0 Å². The lowest BCUT2D eigenvalue weighted by Crippen LogP contribution is -2.22. The minimum atomic E-state index is -0.891. The Labute approximate surface area is 252 Å². The molecule has 8 aromatic rings. The topological polar surface area (TPSA) is 9.23 Å². The van der Waals surface area contributed by atoms with Crippen LogP contribution < -0.4 is 20.7 Å². The molecule has 0 aromatic heterocycles. The zero-order valence-corrected chi connectivity index (χ0v) is 24.8. The fourth-order valence-corrected chi connectivity index (χ4v) is 9.07. The van der Waals surface area contributed by atoms with Crippen LogP contribution in [-0.4, -0.2) is 7.11 Å².